The maximum Gasteiger partial charge on any atom is 0.115 e. The van der Waals surface area contributed by atoms with E-state index in [-0.39, 0.29) is 0 Å². The number of hydrogen-bond donors (Lipinski definition) is 1. The van der Waals surface area contributed by atoms with Crippen LogP contribution in [0.1, 0.15) is 53.7 Å². The van der Waals surface area contributed by atoms with Crippen LogP contribution in [0.5, 0.6) is 5.75 Å². The Labute approximate surface area is 150 Å². The Morgan fingerprint density at radius 3 is 1.24 bits per heavy atom. The first kappa shape index (κ1) is 16.0. The molecule has 4 rings (SSSR count). The predicted octanol–water partition coefficient (Wildman–Crippen LogP) is 6.23. The van der Waals surface area contributed by atoms with Gasteiger partial charge in [0.15, 0.2) is 0 Å². The van der Waals surface area contributed by atoms with Gasteiger partial charge < -0.3 is 5.11 Å². The topological polar surface area (TPSA) is 20.2 Å². The molecule has 1 aliphatic carbocycles. The summed E-state index contributed by atoms with van der Waals surface area (Å²) in [5, 5.41) is 9.62. The quantitative estimate of drug-likeness (QED) is 0.604. The van der Waals surface area contributed by atoms with E-state index in [2.05, 4.69) is 72.8 Å². The van der Waals surface area contributed by atoms with E-state index in [0.717, 1.165) is 0 Å². The fourth-order valence-corrected chi connectivity index (χ4v) is 4.33. The minimum Gasteiger partial charge on any atom is -0.508 e. The third-order valence-electron chi connectivity index (χ3n) is 5.61. The van der Waals surface area contributed by atoms with E-state index in [1.54, 1.807) is 0 Å². The molecule has 3 aromatic carbocycles. The minimum atomic E-state index is 0.346. The molecule has 0 aromatic heterocycles. The highest BCUT2D eigenvalue weighted by Gasteiger charge is 2.31. The number of aromatic hydroxyl groups is 1. The first-order chi connectivity index (χ1) is 12.3. The second-order valence-corrected chi connectivity index (χ2v) is 7.21. The van der Waals surface area contributed by atoms with Crippen LogP contribution >= 0.6 is 0 Å². The summed E-state index contributed by atoms with van der Waals surface area (Å²) in [6.07, 6.45) is 3.57. The van der Waals surface area contributed by atoms with Crippen molar-refractivity contribution in [2.45, 2.75) is 37.0 Å². The molecule has 3 atom stereocenters. The molecule has 1 saturated carbocycles. The van der Waals surface area contributed by atoms with Crippen molar-refractivity contribution >= 4 is 0 Å². The van der Waals surface area contributed by atoms with E-state index >= 15 is 0 Å². The van der Waals surface area contributed by atoms with Crippen LogP contribution in [0, 0.1) is 0 Å². The maximum atomic E-state index is 9.62. The van der Waals surface area contributed by atoms with Gasteiger partial charge in [0.05, 0.1) is 0 Å². The summed E-state index contributed by atoms with van der Waals surface area (Å²) in [6.45, 7) is 0. The number of phenols is 1. The monoisotopic (exact) mass is 328 g/mol. The molecule has 25 heavy (non-hydrogen) atoms. The minimum absolute atomic E-state index is 0.346. The molecule has 1 aliphatic rings. The Bertz CT molecular complexity index is 745. The summed E-state index contributed by atoms with van der Waals surface area (Å²) in [6, 6.07) is 29.7. The van der Waals surface area contributed by atoms with E-state index < -0.39 is 0 Å². The van der Waals surface area contributed by atoms with Crippen LogP contribution in [0.4, 0.5) is 0 Å². The zero-order valence-electron chi connectivity index (χ0n) is 14.4. The Hall–Kier alpha value is -2.54. The molecule has 0 spiro atoms. The molecule has 3 aromatic rings. The van der Waals surface area contributed by atoms with Crippen LogP contribution in [0.3, 0.4) is 0 Å². The SMILES string of the molecule is Oc1ccc(C2C[C@@H](c3ccccc3)C[C@@H](c3ccccc3)C2)cc1. The molecule has 1 heteroatoms. The molecular weight excluding hydrogens is 304 g/mol. The average molecular weight is 328 g/mol. The van der Waals surface area contributed by atoms with E-state index in [1.165, 1.54) is 36.0 Å². The van der Waals surface area contributed by atoms with Gasteiger partial charge in [0.2, 0.25) is 0 Å². The highest BCUT2D eigenvalue weighted by molar-refractivity contribution is 5.32. The number of phenolic OH excluding ortho intramolecular Hbond substituents is 1. The molecule has 0 saturated heterocycles. The lowest BCUT2D eigenvalue weighted by Gasteiger charge is -2.36. The van der Waals surface area contributed by atoms with Crippen molar-refractivity contribution in [3.63, 3.8) is 0 Å². The molecule has 126 valence electrons. The van der Waals surface area contributed by atoms with Crippen LogP contribution in [0.2, 0.25) is 0 Å². The highest BCUT2D eigenvalue weighted by atomic mass is 16.3. The van der Waals surface area contributed by atoms with E-state index in [9.17, 15) is 5.11 Å². The Morgan fingerprint density at radius 1 is 0.480 bits per heavy atom. The van der Waals surface area contributed by atoms with Crippen LogP contribution < -0.4 is 0 Å². The van der Waals surface area contributed by atoms with Gasteiger partial charge in [-0.05, 0) is 65.8 Å². The molecule has 0 amide bonds. The standard InChI is InChI=1S/C24H24O/c25-24-13-11-20(12-14-24)23-16-21(18-7-3-1-4-8-18)15-22(17-23)19-9-5-2-6-10-19/h1-14,21-23,25H,15-17H2/t21-,22+,23?. The largest absolute Gasteiger partial charge is 0.508 e. The van der Waals surface area contributed by atoms with E-state index in [4.69, 9.17) is 0 Å². The predicted molar refractivity (Wildman–Crippen MR) is 103 cm³/mol. The van der Waals surface area contributed by atoms with Gasteiger partial charge in [-0.2, -0.15) is 0 Å². The molecule has 0 radical (unpaired) electrons. The molecule has 0 aliphatic heterocycles. The van der Waals surface area contributed by atoms with Crippen LogP contribution in [0.25, 0.3) is 0 Å². The summed E-state index contributed by atoms with van der Waals surface area (Å²) in [5.41, 5.74) is 4.25. The van der Waals surface area contributed by atoms with Crippen molar-refractivity contribution in [3.8, 4) is 5.75 Å². The van der Waals surface area contributed by atoms with Gasteiger partial charge in [-0.15, -0.1) is 0 Å². The smallest absolute Gasteiger partial charge is 0.115 e. The van der Waals surface area contributed by atoms with Gasteiger partial charge >= 0.3 is 0 Å². The maximum absolute atomic E-state index is 9.62. The Balaban J connectivity index is 1.66. The molecule has 1 N–H and O–H groups in total. The molecular formula is C24H24O. The van der Waals surface area contributed by atoms with Crippen molar-refractivity contribution < 1.29 is 5.11 Å². The zero-order chi connectivity index (χ0) is 17.1. The van der Waals surface area contributed by atoms with Gasteiger partial charge in [0.1, 0.15) is 5.75 Å². The average Bonchev–Trinajstić information content (AvgIpc) is 2.69. The van der Waals surface area contributed by atoms with Gasteiger partial charge in [-0.1, -0.05) is 72.8 Å². The first-order valence-corrected chi connectivity index (χ1v) is 9.18. The van der Waals surface area contributed by atoms with Crippen molar-refractivity contribution in [2.24, 2.45) is 0 Å². The molecule has 0 bridgehead atoms. The van der Waals surface area contributed by atoms with Gasteiger partial charge in [0, 0.05) is 0 Å². The molecule has 1 unspecified atom stereocenters. The van der Waals surface area contributed by atoms with Crippen LogP contribution in [-0.2, 0) is 0 Å². The molecule has 0 heterocycles. The Kier molecular flexibility index (Phi) is 4.56. The number of hydrogen-bond acceptors (Lipinski definition) is 1. The summed E-state index contributed by atoms with van der Waals surface area (Å²) >= 11 is 0. The number of benzene rings is 3. The van der Waals surface area contributed by atoms with Crippen molar-refractivity contribution in [3.05, 3.63) is 102 Å². The highest BCUT2D eigenvalue weighted by Crippen LogP contribution is 2.47. The van der Waals surface area contributed by atoms with Gasteiger partial charge in [0.25, 0.3) is 0 Å². The van der Waals surface area contributed by atoms with Gasteiger partial charge in [-0.25, -0.2) is 0 Å². The third kappa shape index (κ3) is 3.61. The van der Waals surface area contributed by atoms with Crippen LogP contribution in [0.15, 0.2) is 84.9 Å². The van der Waals surface area contributed by atoms with Crippen LogP contribution in [-0.4, -0.2) is 5.11 Å². The lowest BCUT2D eigenvalue weighted by atomic mass is 9.68. The summed E-state index contributed by atoms with van der Waals surface area (Å²) in [4.78, 5) is 0. The zero-order valence-corrected chi connectivity index (χ0v) is 14.4. The van der Waals surface area contributed by atoms with Crippen molar-refractivity contribution in [1.82, 2.24) is 0 Å². The van der Waals surface area contributed by atoms with Crippen molar-refractivity contribution in [2.75, 3.05) is 0 Å². The van der Waals surface area contributed by atoms with E-state index in [0.29, 0.717) is 23.5 Å². The fraction of sp³-hybridized carbons (Fsp3) is 0.250. The first-order valence-electron chi connectivity index (χ1n) is 9.18. The second-order valence-electron chi connectivity index (χ2n) is 7.21. The normalized spacial score (nSPS) is 23.3. The lowest BCUT2D eigenvalue weighted by Crippen LogP contribution is -2.19. The molecule has 1 fully saturated rings. The Morgan fingerprint density at radius 2 is 0.840 bits per heavy atom. The summed E-state index contributed by atoms with van der Waals surface area (Å²) in [7, 11) is 0. The summed E-state index contributed by atoms with van der Waals surface area (Å²) < 4.78 is 0. The van der Waals surface area contributed by atoms with Crippen molar-refractivity contribution in [1.29, 1.82) is 0 Å². The molecule has 1 nitrogen and oxygen atoms in total. The third-order valence-corrected chi connectivity index (χ3v) is 5.61. The lowest BCUT2D eigenvalue weighted by molar-refractivity contribution is 0.351. The summed E-state index contributed by atoms with van der Waals surface area (Å²) in [5.74, 6) is 2.04. The fourth-order valence-electron chi connectivity index (χ4n) is 4.33. The number of rotatable bonds is 3. The second kappa shape index (κ2) is 7.14. The van der Waals surface area contributed by atoms with E-state index in [1.807, 2.05) is 12.1 Å². The van der Waals surface area contributed by atoms with Gasteiger partial charge in [-0.3, -0.25) is 0 Å².